The number of nitrogens with zero attached hydrogens (tertiary/aromatic N) is 2. The number of amides is 3. The zero-order valence-corrected chi connectivity index (χ0v) is 16.6. The molecule has 2 atom stereocenters. The van der Waals surface area contributed by atoms with E-state index in [2.05, 4.69) is 10.3 Å². The summed E-state index contributed by atoms with van der Waals surface area (Å²) in [6.45, 7) is 0.106. The predicted octanol–water partition coefficient (Wildman–Crippen LogP) is 3.80. The van der Waals surface area contributed by atoms with Crippen molar-refractivity contribution in [3.05, 3.63) is 34.0 Å². The minimum absolute atomic E-state index is 0.0596. The Bertz CT molecular complexity index is 910. The Balaban J connectivity index is 1.33. The summed E-state index contributed by atoms with van der Waals surface area (Å²) in [7, 11) is 0. The van der Waals surface area contributed by atoms with Crippen LogP contribution >= 0.6 is 34.3 Å². The lowest BCUT2D eigenvalue weighted by Crippen LogP contribution is -2.34. The zero-order valence-electron chi connectivity index (χ0n) is 14.2. The highest BCUT2D eigenvalue weighted by atomic mass is 35.5. The molecular weight excluding hydrogens is 406 g/mol. The fourth-order valence-electron chi connectivity index (χ4n) is 3.38. The van der Waals surface area contributed by atoms with Gasteiger partial charge in [0.15, 0.2) is 5.13 Å². The van der Waals surface area contributed by atoms with Gasteiger partial charge in [0.1, 0.15) is 0 Å². The summed E-state index contributed by atoms with van der Waals surface area (Å²) in [5.41, 5.74) is 0.758. The second-order valence-electron chi connectivity index (χ2n) is 6.42. The van der Waals surface area contributed by atoms with E-state index in [4.69, 9.17) is 11.6 Å². The smallest absolute Gasteiger partial charge is 0.233 e. The number of anilines is 1. The molecule has 0 radical (unpaired) electrons. The van der Waals surface area contributed by atoms with Crippen molar-refractivity contribution < 1.29 is 14.4 Å². The lowest BCUT2D eigenvalue weighted by Gasteiger charge is -2.14. The molecule has 4 rings (SSSR count). The summed E-state index contributed by atoms with van der Waals surface area (Å²) in [6, 6.07) is 3.68. The van der Waals surface area contributed by atoms with Gasteiger partial charge >= 0.3 is 0 Å². The molecule has 3 amide bonds. The van der Waals surface area contributed by atoms with Crippen LogP contribution in [0.3, 0.4) is 0 Å². The zero-order chi connectivity index (χ0) is 19.0. The molecule has 9 heteroatoms. The van der Waals surface area contributed by atoms with Crippen LogP contribution in [0.5, 0.6) is 0 Å². The molecule has 140 valence electrons. The molecule has 0 saturated carbocycles. The number of allylic oxidation sites excluding steroid dienone is 2. The van der Waals surface area contributed by atoms with Crippen LogP contribution in [0, 0.1) is 11.8 Å². The Morgan fingerprint density at radius 1 is 1.22 bits per heavy atom. The Hall–Kier alpha value is -2.03. The highest BCUT2D eigenvalue weighted by Gasteiger charge is 2.46. The van der Waals surface area contributed by atoms with E-state index < -0.39 is 0 Å². The molecule has 2 aromatic heterocycles. The maximum Gasteiger partial charge on any atom is 0.233 e. The predicted molar refractivity (Wildman–Crippen MR) is 106 cm³/mol. The summed E-state index contributed by atoms with van der Waals surface area (Å²) >= 11 is 8.68. The van der Waals surface area contributed by atoms with Gasteiger partial charge in [-0.15, -0.1) is 22.7 Å². The van der Waals surface area contributed by atoms with Crippen LogP contribution in [0.4, 0.5) is 5.13 Å². The number of likely N-dealkylation sites (tertiary alicyclic amines) is 1. The van der Waals surface area contributed by atoms with E-state index in [9.17, 15) is 14.4 Å². The van der Waals surface area contributed by atoms with E-state index >= 15 is 0 Å². The van der Waals surface area contributed by atoms with Gasteiger partial charge in [-0.1, -0.05) is 23.8 Å². The lowest BCUT2D eigenvalue weighted by molar-refractivity contribution is -0.140. The van der Waals surface area contributed by atoms with Crippen molar-refractivity contribution in [2.45, 2.75) is 19.3 Å². The topological polar surface area (TPSA) is 79.4 Å². The van der Waals surface area contributed by atoms with Crippen molar-refractivity contribution >= 4 is 57.1 Å². The summed E-state index contributed by atoms with van der Waals surface area (Å²) in [5.74, 6) is -1.11. The third-order valence-corrected chi connectivity index (χ3v) is 6.75. The van der Waals surface area contributed by atoms with Crippen molar-refractivity contribution in [3.8, 4) is 10.6 Å². The second-order valence-corrected chi connectivity index (χ2v) is 9.00. The number of thiazole rings is 1. The largest absolute Gasteiger partial charge is 0.302 e. The van der Waals surface area contributed by atoms with Crippen molar-refractivity contribution in [1.82, 2.24) is 9.88 Å². The molecule has 0 bridgehead atoms. The molecule has 2 aliphatic rings. The Labute approximate surface area is 168 Å². The number of nitrogens with one attached hydrogen (secondary N) is 1. The van der Waals surface area contributed by atoms with Crippen LogP contribution in [0.1, 0.15) is 19.3 Å². The van der Waals surface area contributed by atoms with Crippen LogP contribution in [0.15, 0.2) is 29.7 Å². The van der Waals surface area contributed by atoms with Crippen molar-refractivity contribution in [2.75, 3.05) is 11.9 Å². The molecule has 2 aromatic rings. The van der Waals surface area contributed by atoms with E-state index in [1.807, 2.05) is 23.6 Å². The molecule has 1 aliphatic heterocycles. The number of carbonyl (C=O) groups is 3. The van der Waals surface area contributed by atoms with Gasteiger partial charge in [0.2, 0.25) is 17.7 Å². The van der Waals surface area contributed by atoms with Crippen LogP contribution in [-0.4, -0.2) is 34.2 Å². The Morgan fingerprint density at radius 3 is 2.56 bits per heavy atom. The van der Waals surface area contributed by atoms with E-state index in [0.29, 0.717) is 22.3 Å². The highest BCUT2D eigenvalue weighted by molar-refractivity contribution is 7.20. The molecule has 1 saturated heterocycles. The first-order valence-electron chi connectivity index (χ1n) is 8.54. The molecule has 3 heterocycles. The minimum Gasteiger partial charge on any atom is -0.302 e. The third-order valence-electron chi connectivity index (χ3n) is 4.74. The summed E-state index contributed by atoms with van der Waals surface area (Å²) < 4.78 is 0.680. The number of fused-ring (bicyclic) bond motifs is 1. The quantitative estimate of drug-likeness (QED) is 0.588. The van der Waals surface area contributed by atoms with Gasteiger partial charge in [0.25, 0.3) is 0 Å². The molecule has 6 nitrogen and oxygen atoms in total. The Morgan fingerprint density at radius 2 is 1.93 bits per heavy atom. The SMILES string of the molecule is O=C(CCN1C(=O)[C@@H]2CC=CC[C@H]2C1=O)Nc1nc(-c2ccc(Cl)s2)cs1. The number of aromatic nitrogens is 1. The molecule has 27 heavy (non-hydrogen) atoms. The number of rotatable bonds is 5. The van der Waals surface area contributed by atoms with Crippen molar-refractivity contribution in [1.29, 1.82) is 0 Å². The van der Waals surface area contributed by atoms with E-state index in [1.165, 1.54) is 27.6 Å². The first kappa shape index (κ1) is 18.3. The van der Waals surface area contributed by atoms with E-state index in [1.54, 1.807) is 6.07 Å². The molecule has 0 unspecified atom stereocenters. The molecule has 1 N–H and O–H groups in total. The first-order valence-corrected chi connectivity index (χ1v) is 10.6. The van der Waals surface area contributed by atoms with Crippen LogP contribution in [0.2, 0.25) is 4.34 Å². The highest BCUT2D eigenvalue weighted by Crippen LogP contribution is 2.35. The minimum atomic E-state index is -0.270. The maximum absolute atomic E-state index is 12.4. The van der Waals surface area contributed by atoms with E-state index in [-0.39, 0.29) is 42.5 Å². The summed E-state index contributed by atoms with van der Waals surface area (Å²) in [6.07, 6.45) is 5.16. The summed E-state index contributed by atoms with van der Waals surface area (Å²) in [4.78, 5) is 43.6. The van der Waals surface area contributed by atoms with Gasteiger partial charge in [-0.3, -0.25) is 19.3 Å². The van der Waals surface area contributed by atoms with Crippen molar-refractivity contribution in [3.63, 3.8) is 0 Å². The van der Waals surface area contributed by atoms with Gasteiger partial charge < -0.3 is 5.32 Å². The number of hydrogen-bond donors (Lipinski definition) is 1. The average molecular weight is 422 g/mol. The van der Waals surface area contributed by atoms with Gasteiger partial charge in [-0.05, 0) is 25.0 Å². The fourth-order valence-corrected chi connectivity index (χ4v) is 5.19. The van der Waals surface area contributed by atoms with Crippen LogP contribution in [0.25, 0.3) is 10.6 Å². The normalized spacial score (nSPS) is 21.6. The van der Waals surface area contributed by atoms with Gasteiger partial charge in [0, 0.05) is 18.3 Å². The average Bonchev–Trinajstić information content (AvgIpc) is 3.35. The molecular formula is C18H16ClN3O3S2. The van der Waals surface area contributed by atoms with Gasteiger partial charge in [-0.2, -0.15) is 0 Å². The monoisotopic (exact) mass is 421 g/mol. The first-order chi connectivity index (χ1) is 13.0. The number of halogens is 1. The Kier molecular flexibility index (Phi) is 5.12. The molecule has 1 fully saturated rings. The van der Waals surface area contributed by atoms with Gasteiger partial charge in [-0.25, -0.2) is 4.98 Å². The van der Waals surface area contributed by atoms with Gasteiger partial charge in [0.05, 0.1) is 26.7 Å². The molecule has 0 aromatic carbocycles. The van der Waals surface area contributed by atoms with Crippen molar-refractivity contribution in [2.24, 2.45) is 11.8 Å². The second kappa shape index (κ2) is 7.53. The molecule has 0 spiro atoms. The van der Waals surface area contributed by atoms with E-state index in [0.717, 1.165) is 10.6 Å². The maximum atomic E-state index is 12.4. The third kappa shape index (κ3) is 3.69. The number of hydrogen-bond acceptors (Lipinski definition) is 6. The number of carbonyl (C=O) groups excluding carboxylic acids is 3. The lowest BCUT2D eigenvalue weighted by atomic mass is 9.85. The number of thiophene rings is 1. The van der Waals surface area contributed by atoms with Crippen LogP contribution in [-0.2, 0) is 14.4 Å². The number of imide groups is 1. The molecule has 1 aliphatic carbocycles. The summed E-state index contributed by atoms with van der Waals surface area (Å²) in [5, 5.41) is 5.07. The van der Waals surface area contributed by atoms with Crippen LogP contribution < -0.4 is 5.32 Å². The fraction of sp³-hybridized carbons (Fsp3) is 0.333. The standard InChI is InChI=1S/C18H16ClN3O3S2/c19-14-6-5-13(27-14)12-9-26-18(20-12)21-15(23)7-8-22-16(24)10-3-1-2-4-11(10)17(22)25/h1-2,5-6,9-11H,3-4,7-8H2,(H,20,21,23)/t10-,11-/m1/s1.